The number of aliphatic hydroxyl groups excluding tert-OH is 1. The SMILES string of the molecule is CCOC(=O)CCCCOc1cnc(N2CCC(c3nc4c(c(C5CCC(F)(F)CC5)c3[C@@H](F)c3ccc(C(F)(F)F)cc3)[C@@H](O)CC(C)(C)C4)CC2)nc1. The van der Waals surface area contributed by atoms with E-state index in [1.807, 2.05) is 18.7 Å². The van der Waals surface area contributed by atoms with E-state index in [0.29, 0.717) is 105 Å². The number of aromatic nitrogens is 3. The first-order valence-electron chi connectivity index (χ1n) is 19.3. The number of anilines is 1. The summed E-state index contributed by atoms with van der Waals surface area (Å²) >= 11 is 0. The summed E-state index contributed by atoms with van der Waals surface area (Å²) in [6, 6.07) is 3.97. The molecular formula is C41H50F6N4O4. The number of ether oxygens (including phenoxy) is 2. The molecule has 2 aromatic heterocycles. The molecule has 0 amide bonds. The van der Waals surface area contributed by atoms with E-state index in [1.54, 1.807) is 19.3 Å². The lowest BCUT2D eigenvalue weighted by atomic mass is 9.68. The molecular weight excluding hydrogens is 726 g/mol. The average molecular weight is 777 g/mol. The first-order valence-corrected chi connectivity index (χ1v) is 19.3. The molecule has 300 valence electrons. The highest BCUT2D eigenvalue weighted by Gasteiger charge is 2.44. The molecule has 1 N–H and O–H groups in total. The van der Waals surface area contributed by atoms with Crippen LogP contribution in [-0.2, 0) is 22.1 Å². The summed E-state index contributed by atoms with van der Waals surface area (Å²) in [6.07, 6.45) is -1.29. The molecule has 55 heavy (non-hydrogen) atoms. The highest BCUT2D eigenvalue weighted by Crippen LogP contribution is 2.52. The molecule has 0 radical (unpaired) electrons. The molecule has 2 fully saturated rings. The molecule has 0 bridgehead atoms. The molecule has 14 heteroatoms. The summed E-state index contributed by atoms with van der Waals surface area (Å²) in [4.78, 5) is 27.7. The Morgan fingerprint density at radius 2 is 1.64 bits per heavy atom. The van der Waals surface area contributed by atoms with E-state index < -0.39 is 35.9 Å². The Morgan fingerprint density at radius 1 is 0.982 bits per heavy atom. The van der Waals surface area contributed by atoms with Crippen LogP contribution in [0.1, 0.15) is 148 Å². The minimum absolute atomic E-state index is 0.0103. The molecule has 1 aliphatic heterocycles. The van der Waals surface area contributed by atoms with E-state index >= 15 is 4.39 Å². The lowest BCUT2D eigenvalue weighted by Crippen LogP contribution is -2.36. The zero-order valence-electron chi connectivity index (χ0n) is 31.6. The molecule has 3 aliphatic rings. The number of esters is 1. The summed E-state index contributed by atoms with van der Waals surface area (Å²) in [5, 5.41) is 11.6. The minimum atomic E-state index is -4.60. The van der Waals surface area contributed by atoms with Crippen molar-refractivity contribution in [2.45, 2.75) is 128 Å². The number of carbonyl (C=O) groups is 1. The summed E-state index contributed by atoms with van der Waals surface area (Å²) in [5.41, 5.74) is 1.11. The van der Waals surface area contributed by atoms with Crippen molar-refractivity contribution in [1.29, 1.82) is 0 Å². The number of hydrogen-bond donors (Lipinski definition) is 1. The smallest absolute Gasteiger partial charge is 0.416 e. The van der Waals surface area contributed by atoms with Crippen LogP contribution in [0.2, 0.25) is 0 Å². The van der Waals surface area contributed by atoms with Gasteiger partial charge in [0.2, 0.25) is 11.9 Å². The Morgan fingerprint density at radius 3 is 2.25 bits per heavy atom. The van der Waals surface area contributed by atoms with Crippen molar-refractivity contribution >= 4 is 11.9 Å². The largest absolute Gasteiger partial charge is 0.490 e. The Balaban J connectivity index is 1.28. The van der Waals surface area contributed by atoms with Crippen molar-refractivity contribution < 1.29 is 45.7 Å². The third-order valence-corrected chi connectivity index (χ3v) is 11.2. The number of aliphatic hydroxyl groups is 1. The van der Waals surface area contributed by atoms with E-state index in [2.05, 4.69) is 9.97 Å². The van der Waals surface area contributed by atoms with Crippen LogP contribution in [0.15, 0.2) is 36.7 Å². The quantitative estimate of drug-likeness (QED) is 0.110. The van der Waals surface area contributed by atoms with Gasteiger partial charge in [0.1, 0.15) is 0 Å². The maximum absolute atomic E-state index is 17.3. The Labute approximate surface area is 318 Å². The highest BCUT2D eigenvalue weighted by molar-refractivity contribution is 5.69. The molecule has 0 spiro atoms. The number of hydrogen-bond acceptors (Lipinski definition) is 8. The van der Waals surface area contributed by atoms with Crippen LogP contribution in [0.4, 0.5) is 32.3 Å². The van der Waals surface area contributed by atoms with Gasteiger partial charge in [0, 0.05) is 55.1 Å². The lowest BCUT2D eigenvalue weighted by molar-refractivity contribution is -0.143. The van der Waals surface area contributed by atoms with Gasteiger partial charge in [0.05, 0.1) is 43.0 Å². The van der Waals surface area contributed by atoms with E-state index in [4.69, 9.17) is 14.5 Å². The van der Waals surface area contributed by atoms with Gasteiger partial charge in [-0.2, -0.15) is 13.2 Å². The molecule has 0 unspecified atom stereocenters. The number of alkyl halides is 6. The van der Waals surface area contributed by atoms with Gasteiger partial charge in [0.25, 0.3) is 0 Å². The van der Waals surface area contributed by atoms with Crippen molar-refractivity contribution in [3.63, 3.8) is 0 Å². The van der Waals surface area contributed by atoms with Gasteiger partial charge in [-0.25, -0.2) is 23.1 Å². The fourth-order valence-electron chi connectivity index (χ4n) is 8.41. The molecule has 1 aromatic carbocycles. The van der Waals surface area contributed by atoms with Crippen LogP contribution in [0, 0.1) is 5.41 Å². The number of halogens is 6. The maximum atomic E-state index is 17.3. The predicted molar refractivity (Wildman–Crippen MR) is 194 cm³/mol. The summed E-state index contributed by atoms with van der Waals surface area (Å²) in [6.45, 7) is 7.57. The van der Waals surface area contributed by atoms with Crippen LogP contribution in [0.25, 0.3) is 0 Å². The lowest BCUT2D eigenvalue weighted by Gasteiger charge is -2.41. The Kier molecular flexibility index (Phi) is 12.3. The Bertz CT molecular complexity index is 1770. The number of piperidine rings is 1. The normalized spacial score (nSPS) is 20.8. The zero-order chi connectivity index (χ0) is 39.5. The number of rotatable bonds is 12. The molecule has 1 saturated carbocycles. The number of unbranched alkanes of at least 4 members (excludes halogenated alkanes) is 1. The van der Waals surface area contributed by atoms with E-state index in [-0.39, 0.29) is 54.1 Å². The van der Waals surface area contributed by atoms with Gasteiger partial charge in [-0.3, -0.25) is 9.78 Å². The first kappa shape index (κ1) is 40.7. The highest BCUT2D eigenvalue weighted by atomic mass is 19.4. The zero-order valence-corrected chi connectivity index (χ0v) is 31.6. The van der Waals surface area contributed by atoms with Crippen LogP contribution >= 0.6 is 0 Å². The maximum Gasteiger partial charge on any atom is 0.416 e. The van der Waals surface area contributed by atoms with E-state index in [0.717, 1.165) is 24.3 Å². The third-order valence-electron chi connectivity index (χ3n) is 11.2. The van der Waals surface area contributed by atoms with Crippen LogP contribution in [0.3, 0.4) is 0 Å². The Hall–Kier alpha value is -3.94. The second-order valence-electron chi connectivity index (χ2n) is 15.9. The fraction of sp³-hybridized carbons (Fsp3) is 0.610. The molecule has 3 heterocycles. The second kappa shape index (κ2) is 16.7. The molecule has 3 aromatic rings. The average Bonchev–Trinajstić information content (AvgIpc) is 3.13. The van der Waals surface area contributed by atoms with Crippen molar-refractivity contribution in [1.82, 2.24) is 15.0 Å². The number of carbonyl (C=O) groups excluding carboxylic acids is 1. The molecule has 8 nitrogen and oxygen atoms in total. The number of fused-ring (bicyclic) bond motifs is 1. The molecule has 2 atom stereocenters. The molecule has 2 aliphatic carbocycles. The van der Waals surface area contributed by atoms with Gasteiger partial charge < -0.3 is 19.5 Å². The van der Waals surface area contributed by atoms with Crippen molar-refractivity contribution in [3.8, 4) is 5.75 Å². The van der Waals surface area contributed by atoms with Crippen molar-refractivity contribution in [2.75, 3.05) is 31.2 Å². The standard InChI is InChI=1S/C41H50F6N4O4/c1-4-54-32(53)7-5-6-20-55-29-23-48-38(49-24-29)51-18-14-27(15-19-51)37-35(36(42)26-8-10-28(11-9-26)41(45,46)47)33(25-12-16-40(43,44)17-13-25)34-30(50-37)21-39(2,3)22-31(34)52/h8-11,23-25,27,31,36,52H,4-7,12-22H2,1-3H3/t31-,36-/m0/s1. The summed E-state index contributed by atoms with van der Waals surface area (Å²) in [5.74, 6) is -2.82. The van der Waals surface area contributed by atoms with Crippen LogP contribution in [0.5, 0.6) is 5.75 Å². The van der Waals surface area contributed by atoms with E-state index in [1.165, 1.54) is 0 Å². The van der Waals surface area contributed by atoms with E-state index in [9.17, 15) is 31.9 Å². The number of benzene rings is 1. The van der Waals surface area contributed by atoms with Gasteiger partial charge in [-0.15, -0.1) is 0 Å². The summed E-state index contributed by atoms with van der Waals surface area (Å²) < 4.78 is 97.4. The van der Waals surface area contributed by atoms with Gasteiger partial charge in [-0.1, -0.05) is 26.0 Å². The topological polar surface area (TPSA) is 97.7 Å². The minimum Gasteiger partial charge on any atom is -0.490 e. The van der Waals surface area contributed by atoms with Crippen molar-refractivity contribution in [3.05, 3.63) is 75.9 Å². The van der Waals surface area contributed by atoms with Crippen LogP contribution in [-0.4, -0.2) is 58.3 Å². The fourth-order valence-corrected chi connectivity index (χ4v) is 8.41. The third kappa shape index (κ3) is 9.72. The summed E-state index contributed by atoms with van der Waals surface area (Å²) in [7, 11) is 0. The predicted octanol–water partition coefficient (Wildman–Crippen LogP) is 9.74. The van der Waals surface area contributed by atoms with Gasteiger partial charge >= 0.3 is 12.1 Å². The molecule has 6 rings (SSSR count). The second-order valence-corrected chi connectivity index (χ2v) is 15.9. The van der Waals surface area contributed by atoms with Gasteiger partial charge in [-0.05, 0) is 92.9 Å². The monoisotopic (exact) mass is 776 g/mol. The van der Waals surface area contributed by atoms with Gasteiger partial charge in [0.15, 0.2) is 11.9 Å². The first-order chi connectivity index (χ1) is 26.0. The van der Waals surface area contributed by atoms with Crippen molar-refractivity contribution in [2.24, 2.45) is 5.41 Å². The number of nitrogens with zero attached hydrogens (tertiary/aromatic N) is 4. The number of pyridine rings is 1. The molecule has 1 saturated heterocycles. The van der Waals surface area contributed by atoms with Crippen LogP contribution < -0.4 is 9.64 Å².